The van der Waals surface area contributed by atoms with Crippen molar-refractivity contribution < 1.29 is 29.6 Å². The summed E-state index contributed by atoms with van der Waals surface area (Å²) in [5, 5.41) is 42.9. The molecule has 0 saturated heterocycles. The monoisotopic (exact) mass is 470 g/mol. The zero-order valence-electron chi connectivity index (χ0n) is 21.7. The van der Waals surface area contributed by atoms with Crippen LogP contribution in [0.2, 0.25) is 0 Å². The lowest BCUT2D eigenvalue weighted by Gasteiger charge is -2.46. The second-order valence-corrected chi connectivity index (χ2v) is 11.0. The standard InChI is InChI=1S/C26H40B2O6/c1-23(2,29)25(5,6)33-28(34-26(7,8)24(3,4)30)22(20-17-13-10-14-18-20)21(27(31)32)19-15-11-9-12-16-19/h9-18,21-22,29-32H,1-8H3/t21-,22-/m1/s1. The molecule has 2 atom stereocenters. The van der Waals surface area contributed by atoms with Crippen molar-refractivity contribution in [1.29, 1.82) is 0 Å². The van der Waals surface area contributed by atoms with Crippen LogP contribution in [0.3, 0.4) is 0 Å². The summed E-state index contributed by atoms with van der Waals surface area (Å²) in [6.45, 7) is 13.6. The molecule has 0 aliphatic rings. The number of rotatable bonds is 11. The van der Waals surface area contributed by atoms with Gasteiger partial charge in [0.25, 0.3) is 0 Å². The van der Waals surface area contributed by atoms with Crippen molar-refractivity contribution >= 4 is 14.2 Å². The van der Waals surface area contributed by atoms with E-state index in [-0.39, 0.29) is 0 Å². The molecule has 34 heavy (non-hydrogen) atoms. The van der Waals surface area contributed by atoms with Gasteiger partial charge in [-0.1, -0.05) is 60.7 Å². The first-order chi connectivity index (χ1) is 15.5. The van der Waals surface area contributed by atoms with E-state index >= 15 is 0 Å². The van der Waals surface area contributed by atoms with Crippen molar-refractivity contribution in [2.45, 2.75) is 89.4 Å². The predicted octanol–water partition coefficient (Wildman–Crippen LogP) is 3.73. The maximum Gasteiger partial charge on any atom is 0.465 e. The van der Waals surface area contributed by atoms with Gasteiger partial charge in [-0.15, -0.1) is 0 Å². The Labute approximate surface area is 205 Å². The molecular formula is C26H40B2O6. The smallest absolute Gasteiger partial charge is 0.427 e. The summed E-state index contributed by atoms with van der Waals surface area (Å²) < 4.78 is 13.0. The SMILES string of the molecule is CC(C)(O)C(C)(C)OB(OC(C)(C)C(C)(C)O)[C@H](c1ccccc1)[C@H](B(O)O)c1ccccc1. The van der Waals surface area contributed by atoms with E-state index in [1.165, 1.54) is 0 Å². The minimum absolute atomic E-state index is 0.688. The first-order valence-corrected chi connectivity index (χ1v) is 11.7. The van der Waals surface area contributed by atoms with Crippen molar-refractivity contribution in [2.75, 3.05) is 0 Å². The molecule has 0 amide bonds. The molecule has 0 unspecified atom stereocenters. The Bertz CT molecular complexity index is 861. The normalized spacial score (nSPS) is 15.1. The van der Waals surface area contributed by atoms with E-state index in [1.807, 2.05) is 60.7 Å². The first kappa shape index (κ1) is 28.6. The third-order valence-electron chi connectivity index (χ3n) is 7.14. The highest BCUT2D eigenvalue weighted by Crippen LogP contribution is 2.41. The Kier molecular flexibility index (Phi) is 8.84. The fourth-order valence-electron chi connectivity index (χ4n) is 3.49. The number of benzene rings is 2. The third kappa shape index (κ3) is 6.72. The average molecular weight is 470 g/mol. The molecule has 2 aromatic carbocycles. The van der Waals surface area contributed by atoms with E-state index in [9.17, 15) is 20.3 Å². The Hall–Kier alpha value is -1.67. The minimum atomic E-state index is -1.72. The van der Waals surface area contributed by atoms with Crippen LogP contribution in [-0.4, -0.2) is 56.9 Å². The highest BCUT2D eigenvalue weighted by molar-refractivity contribution is 6.53. The molecule has 0 saturated carbocycles. The van der Waals surface area contributed by atoms with Crippen LogP contribution in [0.4, 0.5) is 0 Å². The summed E-state index contributed by atoms with van der Waals surface area (Å²) in [6, 6.07) is 18.6. The zero-order valence-corrected chi connectivity index (χ0v) is 21.7. The fraction of sp³-hybridized carbons (Fsp3) is 0.538. The molecule has 2 rings (SSSR count). The second-order valence-electron chi connectivity index (χ2n) is 11.0. The molecule has 4 N–H and O–H groups in total. The van der Waals surface area contributed by atoms with E-state index in [2.05, 4.69) is 0 Å². The molecule has 0 spiro atoms. The molecule has 186 valence electrons. The Morgan fingerprint density at radius 2 is 0.912 bits per heavy atom. The molecular weight excluding hydrogens is 430 g/mol. The van der Waals surface area contributed by atoms with Gasteiger partial charge in [0.05, 0.1) is 22.4 Å². The summed E-state index contributed by atoms with van der Waals surface area (Å²) in [5.41, 5.74) is -3.17. The number of hydrogen-bond acceptors (Lipinski definition) is 6. The predicted molar refractivity (Wildman–Crippen MR) is 137 cm³/mol. The highest BCUT2D eigenvalue weighted by Gasteiger charge is 2.52. The molecule has 6 nitrogen and oxygen atoms in total. The lowest BCUT2D eigenvalue weighted by molar-refractivity contribution is -0.136. The Morgan fingerprint density at radius 1 is 0.588 bits per heavy atom. The topological polar surface area (TPSA) is 99.4 Å². The van der Waals surface area contributed by atoms with E-state index in [1.54, 1.807) is 55.4 Å². The van der Waals surface area contributed by atoms with Crippen LogP contribution in [0, 0.1) is 0 Å². The van der Waals surface area contributed by atoms with Crippen molar-refractivity contribution in [1.82, 2.24) is 0 Å². The van der Waals surface area contributed by atoms with Crippen LogP contribution in [0.5, 0.6) is 0 Å². The van der Waals surface area contributed by atoms with E-state index in [0.717, 1.165) is 5.56 Å². The van der Waals surface area contributed by atoms with Crippen molar-refractivity contribution in [3.05, 3.63) is 71.8 Å². The van der Waals surface area contributed by atoms with Gasteiger partial charge in [0.2, 0.25) is 0 Å². The van der Waals surface area contributed by atoms with E-state index in [0.29, 0.717) is 5.56 Å². The summed E-state index contributed by atoms with van der Waals surface area (Å²) in [6.07, 6.45) is 0. The van der Waals surface area contributed by atoms with Crippen LogP contribution in [0.15, 0.2) is 60.7 Å². The zero-order chi connectivity index (χ0) is 25.9. The number of aliphatic hydroxyl groups is 2. The molecule has 0 heterocycles. The van der Waals surface area contributed by atoms with Crippen LogP contribution in [-0.2, 0) is 9.31 Å². The van der Waals surface area contributed by atoms with Crippen LogP contribution >= 0.6 is 0 Å². The summed E-state index contributed by atoms with van der Waals surface area (Å²) >= 11 is 0. The van der Waals surface area contributed by atoms with Crippen LogP contribution in [0.1, 0.15) is 78.2 Å². The van der Waals surface area contributed by atoms with Crippen LogP contribution in [0.25, 0.3) is 0 Å². The van der Waals surface area contributed by atoms with Crippen molar-refractivity contribution in [3.63, 3.8) is 0 Å². The van der Waals surface area contributed by atoms with Gasteiger partial charge in [-0.2, -0.15) is 0 Å². The third-order valence-corrected chi connectivity index (χ3v) is 7.14. The molecule has 0 aliphatic heterocycles. The Morgan fingerprint density at radius 3 is 1.21 bits per heavy atom. The van der Waals surface area contributed by atoms with Gasteiger partial charge in [-0.05, 0) is 66.5 Å². The van der Waals surface area contributed by atoms with E-state index < -0.39 is 48.3 Å². The summed E-state index contributed by atoms with van der Waals surface area (Å²) in [7, 11) is -2.78. The maximum absolute atomic E-state index is 10.8. The number of hydrogen-bond donors (Lipinski definition) is 4. The molecule has 8 heteroatoms. The van der Waals surface area contributed by atoms with Gasteiger partial charge >= 0.3 is 14.2 Å². The Balaban J connectivity index is 2.74. The highest BCUT2D eigenvalue weighted by atomic mass is 16.6. The summed E-state index contributed by atoms with van der Waals surface area (Å²) in [4.78, 5) is 0. The van der Waals surface area contributed by atoms with Gasteiger partial charge in [-0.25, -0.2) is 0 Å². The van der Waals surface area contributed by atoms with Gasteiger partial charge in [0, 0.05) is 11.6 Å². The van der Waals surface area contributed by atoms with Gasteiger partial charge in [-0.3, -0.25) is 0 Å². The maximum atomic E-state index is 10.8. The minimum Gasteiger partial charge on any atom is -0.427 e. The van der Waals surface area contributed by atoms with Gasteiger partial charge in [0.15, 0.2) is 0 Å². The molecule has 0 fully saturated rings. The lowest BCUT2D eigenvalue weighted by atomic mass is 9.49. The quantitative estimate of drug-likeness (QED) is 0.374. The van der Waals surface area contributed by atoms with Gasteiger partial charge < -0.3 is 29.6 Å². The molecule has 0 bridgehead atoms. The van der Waals surface area contributed by atoms with E-state index in [4.69, 9.17) is 9.31 Å². The first-order valence-electron chi connectivity index (χ1n) is 11.7. The summed E-state index contributed by atoms with van der Waals surface area (Å²) in [5.74, 6) is -1.50. The fourth-order valence-corrected chi connectivity index (χ4v) is 3.49. The lowest BCUT2D eigenvalue weighted by Crippen LogP contribution is -2.58. The van der Waals surface area contributed by atoms with Gasteiger partial charge in [0.1, 0.15) is 0 Å². The molecule has 0 radical (unpaired) electrons. The van der Waals surface area contributed by atoms with Crippen molar-refractivity contribution in [3.8, 4) is 0 Å². The second kappa shape index (κ2) is 10.5. The molecule has 2 aromatic rings. The molecule has 0 aromatic heterocycles. The average Bonchev–Trinajstić information content (AvgIpc) is 2.70. The van der Waals surface area contributed by atoms with Crippen LogP contribution < -0.4 is 0 Å². The molecule has 0 aliphatic carbocycles. The largest absolute Gasteiger partial charge is 0.465 e. The van der Waals surface area contributed by atoms with Crippen molar-refractivity contribution in [2.24, 2.45) is 0 Å².